The number of H-pyrrole nitrogens is 1. The second kappa shape index (κ2) is 9.42. The van der Waals surface area contributed by atoms with Gasteiger partial charge in [-0.3, -0.25) is 19.7 Å². The summed E-state index contributed by atoms with van der Waals surface area (Å²) < 4.78 is 5.34. The number of likely N-dealkylation sites (tertiary alicyclic amines) is 1. The van der Waals surface area contributed by atoms with Gasteiger partial charge in [0.2, 0.25) is 5.91 Å². The van der Waals surface area contributed by atoms with Crippen molar-refractivity contribution in [3.8, 4) is 17.0 Å². The fourth-order valence-electron chi connectivity index (χ4n) is 3.82. The molecule has 1 aliphatic heterocycles. The second-order valence-corrected chi connectivity index (χ2v) is 7.52. The third kappa shape index (κ3) is 4.74. The van der Waals surface area contributed by atoms with Crippen LogP contribution in [0.1, 0.15) is 28.9 Å². The number of nitrogens with zero attached hydrogens (tertiary/aromatic N) is 3. The summed E-state index contributed by atoms with van der Waals surface area (Å²) in [4.78, 5) is 31.4. The second-order valence-electron chi connectivity index (χ2n) is 7.52. The Labute approximate surface area is 180 Å². The van der Waals surface area contributed by atoms with Gasteiger partial charge in [-0.25, -0.2) is 0 Å². The lowest BCUT2D eigenvalue weighted by molar-refractivity contribution is -0.126. The predicted molar refractivity (Wildman–Crippen MR) is 115 cm³/mol. The number of aromatic amines is 1. The predicted octanol–water partition coefficient (Wildman–Crippen LogP) is 2.65. The number of hydrogen-bond acceptors (Lipinski definition) is 5. The zero-order valence-corrected chi connectivity index (χ0v) is 17.4. The molecule has 8 nitrogen and oxygen atoms in total. The number of nitrogens with one attached hydrogen (secondary N) is 2. The summed E-state index contributed by atoms with van der Waals surface area (Å²) in [6, 6.07) is 13.0. The SMILES string of the molecule is COc1ccccc1CNC(=O)[C@@H]1CCCN(C(=O)c2cc(-c3ccncc3)n[nH]2)C1. The summed E-state index contributed by atoms with van der Waals surface area (Å²) in [7, 11) is 1.61. The Kier molecular flexibility index (Phi) is 6.26. The minimum atomic E-state index is -0.241. The van der Waals surface area contributed by atoms with Crippen LogP contribution in [0.4, 0.5) is 0 Å². The van der Waals surface area contributed by atoms with Crippen LogP contribution in [0.3, 0.4) is 0 Å². The molecule has 31 heavy (non-hydrogen) atoms. The molecule has 0 aliphatic carbocycles. The van der Waals surface area contributed by atoms with E-state index in [1.807, 2.05) is 36.4 Å². The molecule has 2 N–H and O–H groups in total. The van der Waals surface area contributed by atoms with Crippen molar-refractivity contribution < 1.29 is 14.3 Å². The first-order valence-corrected chi connectivity index (χ1v) is 10.3. The Morgan fingerprint density at radius 3 is 2.84 bits per heavy atom. The molecule has 3 aromatic rings. The van der Waals surface area contributed by atoms with Gasteiger partial charge in [-0.15, -0.1) is 0 Å². The normalized spacial score (nSPS) is 16.0. The van der Waals surface area contributed by atoms with Crippen LogP contribution in [0, 0.1) is 5.92 Å². The van der Waals surface area contributed by atoms with Crippen LogP contribution >= 0.6 is 0 Å². The first-order valence-electron chi connectivity index (χ1n) is 10.3. The molecular formula is C23H25N5O3. The Morgan fingerprint density at radius 1 is 1.23 bits per heavy atom. The van der Waals surface area contributed by atoms with E-state index >= 15 is 0 Å². The van der Waals surface area contributed by atoms with Crippen molar-refractivity contribution >= 4 is 11.8 Å². The maximum atomic E-state index is 13.0. The molecule has 2 aromatic heterocycles. The van der Waals surface area contributed by atoms with Crippen LogP contribution in [-0.2, 0) is 11.3 Å². The van der Waals surface area contributed by atoms with E-state index < -0.39 is 0 Å². The molecule has 4 rings (SSSR count). The number of hydrogen-bond donors (Lipinski definition) is 2. The standard InChI is InChI=1S/C23H25N5O3/c1-31-21-7-3-2-5-17(21)14-25-22(29)18-6-4-12-28(15-18)23(30)20-13-19(26-27-20)16-8-10-24-11-9-16/h2-3,5,7-11,13,18H,4,6,12,14-15H2,1H3,(H,25,29)(H,26,27)/t18-/m1/s1. The number of ether oxygens (including phenoxy) is 1. The lowest BCUT2D eigenvalue weighted by Gasteiger charge is -2.31. The molecule has 1 atom stereocenters. The number of para-hydroxylation sites is 1. The molecule has 0 radical (unpaired) electrons. The average molecular weight is 419 g/mol. The number of rotatable bonds is 6. The number of amides is 2. The molecule has 3 heterocycles. The molecule has 1 saturated heterocycles. The fraction of sp³-hybridized carbons (Fsp3) is 0.304. The third-order valence-electron chi connectivity index (χ3n) is 5.51. The third-order valence-corrected chi connectivity index (χ3v) is 5.51. The molecule has 8 heteroatoms. The van der Waals surface area contributed by atoms with Gasteiger partial charge in [0.1, 0.15) is 11.4 Å². The molecule has 1 fully saturated rings. The highest BCUT2D eigenvalue weighted by atomic mass is 16.5. The van der Waals surface area contributed by atoms with Crippen LogP contribution in [0.25, 0.3) is 11.3 Å². The lowest BCUT2D eigenvalue weighted by Crippen LogP contribution is -2.45. The summed E-state index contributed by atoms with van der Waals surface area (Å²) in [6.45, 7) is 1.40. The van der Waals surface area contributed by atoms with E-state index in [9.17, 15) is 9.59 Å². The van der Waals surface area contributed by atoms with E-state index in [0.29, 0.717) is 31.0 Å². The van der Waals surface area contributed by atoms with Crippen molar-refractivity contribution in [2.75, 3.05) is 20.2 Å². The van der Waals surface area contributed by atoms with E-state index in [0.717, 1.165) is 29.7 Å². The maximum Gasteiger partial charge on any atom is 0.271 e. The van der Waals surface area contributed by atoms with E-state index in [1.54, 1.807) is 30.5 Å². The van der Waals surface area contributed by atoms with E-state index in [4.69, 9.17) is 4.74 Å². The van der Waals surface area contributed by atoms with Gasteiger partial charge < -0.3 is 15.0 Å². The van der Waals surface area contributed by atoms with Gasteiger partial charge in [0.15, 0.2) is 0 Å². The average Bonchev–Trinajstić information content (AvgIpc) is 3.33. The largest absolute Gasteiger partial charge is 0.496 e. The number of carbonyl (C=O) groups is 2. The van der Waals surface area contributed by atoms with Gasteiger partial charge in [-0.05, 0) is 37.1 Å². The molecular weight excluding hydrogens is 394 g/mol. The summed E-state index contributed by atoms with van der Waals surface area (Å²) in [6.07, 6.45) is 4.91. The molecule has 0 saturated carbocycles. The van der Waals surface area contributed by atoms with Crippen LogP contribution in [0.2, 0.25) is 0 Å². The fourth-order valence-corrected chi connectivity index (χ4v) is 3.82. The van der Waals surface area contributed by atoms with Crippen molar-refractivity contribution in [2.45, 2.75) is 19.4 Å². The highest BCUT2D eigenvalue weighted by molar-refractivity contribution is 5.94. The Hall–Kier alpha value is -3.68. The zero-order valence-electron chi connectivity index (χ0n) is 17.4. The Morgan fingerprint density at radius 2 is 2.03 bits per heavy atom. The first kappa shape index (κ1) is 20.6. The number of aromatic nitrogens is 3. The Bertz CT molecular complexity index is 1050. The van der Waals surface area contributed by atoms with Gasteiger partial charge >= 0.3 is 0 Å². The van der Waals surface area contributed by atoms with Crippen molar-refractivity contribution in [3.63, 3.8) is 0 Å². The van der Waals surface area contributed by atoms with Crippen molar-refractivity contribution in [1.82, 2.24) is 25.4 Å². The van der Waals surface area contributed by atoms with Crippen molar-refractivity contribution in [2.24, 2.45) is 5.92 Å². The van der Waals surface area contributed by atoms with Crippen LogP contribution < -0.4 is 10.1 Å². The quantitative estimate of drug-likeness (QED) is 0.640. The maximum absolute atomic E-state index is 13.0. The number of pyridine rings is 1. The van der Waals surface area contributed by atoms with Gasteiger partial charge in [0.05, 0.1) is 18.7 Å². The molecule has 1 aromatic carbocycles. The van der Waals surface area contributed by atoms with Crippen LogP contribution in [0.5, 0.6) is 5.75 Å². The lowest BCUT2D eigenvalue weighted by atomic mass is 9.96. The molecule has 0 spiro atoms. The van der Waals surface area contributed by atoms with Crippen molar-refractivity contribution in [1.29, 1.82) is 0 Å². The molecule has 0 unspecified atom stereocenters. The monoisotopic (exact) mass is 419 g/mol. The minimum Gasteiger partial charge on any atom is -0.496 e. The first-order chi connectivity index (χ1) is 15.2. The number of piperidine rings is 1. The smallest absolute Gasteiger partial charge is 0.271 e. The summed E-state index contributed by atoms with van der Waals surface area (Å²) in [5, 5.41) is 10.1. The highest BCUT2D eigenvalue weighted by Gasteiger charge is 2.29. The Balaban J connectivity index is 1.37. The highest BCUT2D eigenvalue weighted by Crippen LogP contribution is 2.22. The molecule has 160 valence electrons. The number of methoxy groups -OCH3 is 1. The number of benzene rings is 1. The topological polar surface area (TPSA) is 100 Å². The minimum absolute atomic E-state index is 0.0505. The van der Waals surface area contributed by atoms with E-state index in [-0.39, 0.29) is 17.7 Å². The van der Waals surface area contributed by atoms with E-state index in [2.05, 4.69) is 20.5 Å². The molecule has 1 aliphatic rings. The van der Waals surface area contributed by atoms with Gasteiger partial charge in [0.25, 0.3) is 5.91 Å². The van der Waals surface area contributed by atoms with Gasteiger partial charge in [-0.1, -0.05) is 18.2 Å². The van der Waals surface area contributed by atoms with Crippen LogP contribution in [0.15, 0.2) is 54.9 Å². The van der Waals surface area contributed by atoms with Gasteiger partial charge in [-0.2, -0.15) is 5.10 Å². The van der Waals surface area contributed by atoms with Crippen molar-refractivity contribution in [3.05, 3.63) is 66.1 Å². The zero-order chi connectivity index (χ0) is 21.6. The van der Waals surface area contributed by atoms with Crippen LogP contribution in [-0.4, -0.2) is 52.1 Å². The van der Waals surface area contributed by atoms with Gasteiger partial charge in [0, 0.05) is 43.2 Å². The summed E-state index contributed by atoms with van der Waals surface area (Å²) >= 11 is 0. The van der Waals surface area contributed by atoms with E-state index in [1.165, 1.54) is 0 Å². The summed E-state index contributed by atoms with van der Waals surface area (Å²) in [5.41, 5.74) is 2.91. The summed E-state index contributed by atoms with van der Waals surface area (Å²) in [5.74, 6) is 0.308. The molecule has 0 bridgehead atoms. The molecule has 2 amide bonds. The number of carbonyl (C=O) groups excluding carboxylic acids is 2.